The summed E-state index contributed by atoms with van der Waals surface area (Å²) in [7, 11) is 0. The molecule has 0 fully saturated rings. The summed E-state index contributed by atoms with van der Waals surface area (Å²) in [5.74, 6) is 1.000. The number of aliphatic imine (C=N–C) groups is 1. The highest BCUT2D eigenvalue weighted by Gasteiger charge is 2.05. The van der Waals surface area contributed by atoms with Crippen molar-refractivity contribution < 1.29 is 4.74 Å². The van der Waals surface area contributed by atoms with Gasteiger partial charge in [-0.15, -0.1) is 0 Å². The van der Waals surface area contributed by atoms with E-state index in [4.69, 9.17) is 4.74 Å². The standard InChI is InChI=1S/C20H37NO/c1-2-3-4-5-6-7-8-9-10-11-12-13-14-15-16-17-20-21-18-19-22-20/h8-9H,2-7,10-19H2,1H3. The van der Waals surface area contributed by atoms with Gasteiger partial charge < -0.3 is 4.74 Å². The zero-order valence-corrected chi connectivity index (χ0v) is 14.8. The van der Waals surface area contributed by atoms with Crippen LogP contribution in [-0.4, -0.2) is 19.0 Å². The minimum atomic E-state index is 0.807. The summed E-state index contributed by atoms with van der Waals surface area (Å²) < 4.78 is 5.41. The quantitative estimate of drug-likeness (QED) is 0.251. The number of hydrogen-bond acceptors (Lipinski definition) is 2. The molecule has 0 bridgehead atoms. The molecule has 0 spiro atoms. The van der Waals surface area contributed by atoms with Crippen molar-refractivity contribution in [3.05, 3.63) is 12.2 Å². The third kappa shape index (κ3) is 11.8. The van der Waals surface area contributed by atoms with E-state index in [9.17, 15) is 0 Å². The number of ether oxygens (including phenoxy) is 1. The van der Waals surface area contributed by atoms with Gasteiger partial charge in [0, 0.05) is 6.42 Å². The third-order valence-corrected chi connectivity index (χ3v) is 4.30. The molecule has 1 aliphatic heterocycles. The van der Waals surface area contributed by atoms with Gasteiger partial charge in [0.05, 0.1) is 6.54 Å². The molecular formula is C20H37NO. The van der Waals surface area contributed by atoms with Crippen LogP contribution in [0.15, 0.2) is 17.1 Å². The Balaban J connectivity index is 1.72. The number of unbranched alkanes of at least 4 members (excludes halogenated alkanes) is 11. The van der Waals surface area contributed by atoms with Crippen LogP contribution in [0.5, 0.6) is 0 Å². The van der Waals surface area contributed by atoms with Crippen molar-refractivity contribution in [1.82, 2.24) is 0 Å². The molecule has 0 N–H and O–H groups in total. The lowest BCUT2D eigenvalue weighted by Crippen LogP contribution is -1.98. The van der Waals surface area contributed by atoms with E-state index in [-0.39, 0.29) is 0 Å². The van der Waals surface area contributed by atoms with Crippen molar-refractivity contribution in [2.45, 2.75) is 96.8 Å². The Morgan fingerprint density at radius 3 is 2.00 bits per heavy atom. The molecule has 22 heavy (non-hydrogen) atoms. The number of rotatable bonds is 15. The summed E-state index contributed by atoms with van der Waals surface area (Å²) in [4.78, 5) is 4.33. The SMILES string of the molecule is CCCCCCCC=CCCCCCCCCC1=NCCO1. The fraction of sp³-hybridized carbons (Fsp3) is 0.850. The Morgan fingerprint density at radius 2 is 1.41 bits per heavy atom. The van der Waals surface area contributed by atoms with Crippen molar-refractivity contribution in [3.8, 4) is 0 Å². The van der Waals surface area contributed by atoms with Gasteiger partial charge in [0.15, 0.2) is 5.90 Å². The molecule has 1 heterocycles. The molecule has 0 aliphatic carbocycles. The first-order valence-corrected chi connectivity index (χ1v) is 9.74. The van der Waals surface area contributed by atoms with Gasteiger partial charge in [0.2, 0.25) is 0 Å². The van der Waals surface area contributed by atoms with Crippen molar-refractivity contribution in [3.63, 3.8) is 0 Å². The lowest BCUT2D eigenvalue weighted by molar-refractivity contribution is 0.336. The van der Waals surface area contributed by atoms with Crippen LogP contribution in [0.2, 0.25) is 0 Å². The fourth-order valence-corrected chi connectivity index (χ4v) is 2.88. The maximum absolute atomic E-state index is 5.41. The second-order valence-corrected chi connectivity index (χ2v) is 6.46. The van der Waals surface area contributed by atoms with E-state index in [1.807, 2.05) is 0 Å². The predicted molar refractivity (Wildman–Crippen MR) is 97.7 cm³/mol. The molecule has 2 heteroatoms. The molecule has 0 unspecified atom stereocenters. The maximum atomic E-state index is 5.41. The third-order valence-electron chi connectivity index (χ3n) is 4.30. The molecule has 1 aliphatic rings. The average Bonchev–Trinajstić information content (AvgIpc) is 3.04. The normalized spacial score (nSPS) is 14.5. The van der Waals surface area contributed by atoms with Gasteiger partial charge in [0.25, 0.3) is 0 Å². The van der Waals surface area contributed by atoms with Gasteiger partial charge >= 0.3 is 0 Å². The van der Waals surface area contributed by atoms with Crippen molar-refractivity contribution in [2.24, 2.45) is 4.99 Å². The highest BCUT2D eigenvalue weighted by atomic mass is 16.5. The van der Waals surface area contributed by atoms with Crippen LogP contribution >= 0.6 is 0 Å². The van der Waals surface area contributed by atoms with Gasteiger partial charge in [0.1, 0.15) is 6.61 Å². The topological polar surface area (TPSA) is 21.6 Å². The number of nitrogens with zero attached hydrogens (tertiary/aromatic N) is 1. The summed E-state index contributed by atoms with van der Waals surface area (Å²) in [5.41, 5.74) is 0. The second-order valence-electron chi connectivity index (χ2n) is 6.46. The molecule has 0 saturated heterocycles. The molecule has 0 aromatic rings. The molecule has 0 aromatic heterocycles. The summed E-state index contributed by atoms with van der Waals surface area (Å²) >= 11 is 0. The van der Waals surface area contributed by atoms with E-state index in [1.165, 1.54) is 83.5 Å². The Morgan fingerprint density at radius 1 is 0.818 bits per heavy atom. The van der Waals surface area contributed by atoms with Crippen LogP contribution in [-0.2, 0) is 4.74 Å². The van der Waals surface area contributed by atoms with Crippen LogP contribution in [0.4, 0.5) is 0 Å². The molecule has 1 rings (SSSR count). The first kappa shape index (κ1) is 19.3. The Hall–Kier alpha value is -0.790. The van der Waals surface area contributed by atoms with Crippen molar-refractivity contribution >= 4 is 5.90 Å². The lowest BCUT2D eigenvalue weighted by atomic mass is 10.1. The minimum absolute atomic E-state index is 0.807. The number of hydrogen-bond donors (Lipinski definition) is 0. The summed E-state index contributed by atoms with van der Waals surface area (Å²) in [6.07, 6.45) is 23.5. The second kappa shape index (κ2) is 15.1. The Labute approximate surface area is 138 Å². The van der Waals surface area contributed by atoms with Crippen LogP contribution in [0, 0.1) is 0 Å². The van der Waals surface area contributed by atoms with Gasteiger partial charge in [-0.05, 0) is 32.1 Å². The zero-order valence-electron chi connectivity index (χ0n) is 14.8. The molecule has 128 valence electrons. The molecule has 0 atom stereocenters. The highest BCUT2D eigenvalue weighted by Crippen LogP contribution is 2.11. The Bertz CT molecular complexity index is 296. The lowest BCUT2D eigenvalue weighted by Gasteiger charge is -2.02. The fourth-order valence-electron chi connectivity index (χ4n) is 2.88. The molecule has 0 amide bonds. The van der Waals surface area contributed by atoms with Crippen molar-refractivity contribution in [2.75, 3.05) is 13.2 Å². The van der Waals surface area contributed by atoms with Crippen LogP contribution in [0.25, 0.3) is 0 Å². The van der Waals surface area contributed by atoms with Crippen LogP contribution < -0.4 is 0 Å². The maximum Gasteiger partial charge on any atom is 0.183 e. The van der Waals surface area contributed by atoms with Crippen LogP contribution in [0.3, 0.4) is 0 Å². The Kier molecular flexibility index (Phi) is 13.2. The number of allylic oxidation sites excluding steroid dienone is 2. The van der Waals surface area contributed by atoms with Gasteiger partial charge in [-0.1, -0.05) is 70.4 Å². The van der Waals surface area contributed by atoms with Gasteiger partial charge in [-0.25, -0.2) is 0 Å². The molecular weight excluding hydrogens is 270 g/mol. The van der Waals surface area contributed by atoms with E-state index in [1.54, 1.807) is 0 Å². The summed E-state index contributed by atoms with van der Waals surface area (Å²) in [6.45, 7) is 3.96. The molecule has 0 radical (unpaired) electrons. The van der Waals surface area contributed by atoms with E-state index in [0.717, 1.165) is 25.5 Å². The smallest absolute Gasteiger partial charge is 0.183 e. The largest absolute Gasteiger partial charge is 0.479 e. The van der Waals surface area contributed by atoms with E-state index < -0.39 is 0 Å². The zero-order chi connectivity index (χ0) is 15.7. The minimum Gasteiger partial charge on any atom is -0.479 e. The molecule has 0 aromatic carbocycles. The summed E-state index contributed by atoms with van der Waals surface area (Å²) in [6, 6.07) is 0. The first-order chi connectivity index (χ1) is 10.9. The van der Waals surface area contributed by atoms with Crippen molar-refractivity contribution in [1.29, 1.82) is 0 Å². The van der Waals surface area contributed by atoms with E-state index in [2.05, 4.69) is 24.1 Å². The highest BCUT2D eigenvalue weighted by molar-refractivity contribution is 5.77. The predicted octanol–water partition coefficient (Wildman–Crippen LogP) is 6.45. The average molecular weight is 308 g/mol. The monoisotopic (exact) mass is 307 g/mol. The van der Waals surface area contributed by atoms with Gasteiger partial charge in [-0.2, -0.15) is 0 Å². The summed E-state index contributed by atoms with van der Waals surface area (Å²) in [5, 5.41) is 0. The molecule has 2 nitrogen and oxygen atoms in total. The molecule has 0 saturated carbocycles. The van der Waals surface area contributed by atoms with Gasteiger partial charge in [-0.3, -0.25) is 4.99 Å². The first-order valence-electron chi connectivity index (χ1n) is 9.74. The van der Waals surface area contributed by atoms with E-state index >= 15 is 0 Å². The van der Waals surface area contributed by atoms with Crippen LogP contribution in [0.1, 0.15) is 96.8 Å². The van der Waals surface area contributed by atoms with E-state index in [0.29, 0.717) is 0 Å².